The number of hydrogen-bond donors (Lipinski definition) is 1. The van der Waals surface area contributed by atoms with Crippen molar-refractivity contribution < 1.29 is 0 Å². The summed E-state index contributed by atoms with van der Waals surface area (Å²) >= 11 is 0. The molecular weight excluding hydrogens is 220 g/mol. The molecule has 3 aliphatic rings. The summed E-state index contributed by atoms with van der Waals surface area (Å²) in [7, 11) is 0. The van der Waals surface area contributed by atoms with E-state index in [1.807, 2.05) is 0 Å². The molecule has 2 bridgehead atoms. The molecule has 3 atom stereocenters. The molecule has 1 aromatic carbocycles. The first-order chi connectivity index (χ1) is 8.92. The van der Waals surface area contributed by atoms with Crippen LogP contribution in [0.5, 0.6) is 0 Å². The Morgan fingerprint density at radius 2 is 2.00 bits per heavy atom. The number of aromatic amines is 1. The number of benzene rings is 1. The van der Waals surface area contributed by atoms with Crippen molar-refractivity contribution in [2.75, 3.05) is 13.1 Å². The third kappa shape index (κ3) is 1.04. The number of rotatable bonds is 0. The van der Waals surface area contributed by atoms with Crippen LogP contribution >= 0.6 is 0 Å². The van der Waals surface area contributed by atoms with Crippen LogP contribution in [-0.4, -0.2) is 29.0 Å². The van der Waals surface area contributed by atoms with Crippen LogP contribution in [0.3, 0.4) is 0 Å². The summed E-state index contributed by atoms with van der Waals surface area (Å²) in [6, 6.07) is 9.73. The molecule has 0 radical (unpaired) electrons. The van der Waals surface area contributed by atoms with Gasteiger partial charge in [-0.05, 0) is 49.9 Å². The van der Waals surface area contributed by atoms with Crippen molar-refractivity contribution in [1.82, 2.24) is 9.88 Å². The number of piperidine rings is 1. The molecule has 1 N–H and O–H groups in total. The lowest BCUT2D eigenvalue weighted by molar-refractivity contribution is 0.161. The molecule has 2 nitrogen and oxygen atoms in total. The minimum Gasteiger partial charge on any atom is -0.358 e. The number of para-hydroxylation sites is 1. The van der Waals surface area contributed by atoms with E-state index < -0.39 is 0 Å². The van der Waals surface area contributed by atoms with Gasteiger partial charge in [-0.2, -0.15) is 0 Å². The first-order valence-corrected chi connectivity index (χ1v) is 7.26. The van der Waals surface area contributed by atoms with Gasteiger partial charge in [0.25, 0.3) is 0 Å². The predicted molar refractivity (Wildman–Crippen MR) is 73.0 cm³/mol. The zero-order chi connectivity index (χ0) is 11.7. The highest BCUT2D eigenvalue weighted by Crippen LogP contribution is 2.51. The number of H-pyrrole nitrogens is 1. The van der Waals surface area contributed by atoms with Crippen LogP contribution in [0.25, 0.3) is 10.9 Å². The van der Waals surface area contributed by atoms with Crippen molar-refractivity contribution >= 4 is 10.9 Å². The van der Waals surface area contributed by atoms with Gasteiger partial charge in [0.05, 0.1) is 0 Å². The van der Waals surface area contributed by atoms with E-state index >= 15 is 0 Å². The zero-order valence-electron chi connectivity index (χ0n) is 10.5. The number of fused-ring (bicyclic) bond motifs is 6. The lowest BCUT2D eigenvalue weighted by atomic mass is 9.73. The highest BCUT2D eigenvalue weighted by atomic mass is 15.2. The Kier molecular flexibility index (Phi) is 1.70. The lowest BCUT2D eigenvalue weighted by Crippen LogP contribution is -2.42. The molecule has 0 unspecified atom stereocenters. The van der Waals surface area contributed by atoms with Crippen LogP contribution in [0, 0.1) is 0 Å². The van der Waals surface area contributed by atoms with Crippen molar-refractivity contribution in [3.05, 3.63) is 35.5 Å². The van der Waals surface area contributed by atoms with Gasteiger partial charge in [-0.15, -0.1) is 0 Å². The molecule has 2 fully saturated rings. The summed E-state index contributed by atoms with van der Waals surface area (Å²) in [5, 5.41) is 1.50. The van der Waals surface area contributed by atoms with Crippen molar-refractivity contribution in [3.8, 4) is 0 Å². The molecule has 3 heterocycles. The Bertz CT molecular complexity index is 627. The standard InChI is InChI=1S/C16H18N2/c1-2-4-13-11(3-1)15-10-5-7-18-8-6-12(14(18)9-10)16(15)17-13/h1-4,10,12,14,17H,5-9H2/t10-,12+,14+/m1/s1. The molecule has 1 aromatic heterocycles. The molecule has 2 aliphatic heterocycles. The van der Waals surface area contributed by atoms with E-state index in [0.29, 0.717) is 0 Å². The quantitative estimate of drug-likeness (QED) is 0.746. The molecule has 18 heavy (non-hydrogen) atoms. The van der Waals surface area contributed by atoms with Gasteiger partial charge in [0.2, 0.25) is 0 Å². The number of nitrogens with one attached hydrogen (secondary N) is 1. The highest BCUT2D eigenvalue weighted by molar-refractivity contribution is 5.86. The van der Waals surface area contributed by atoms with Crippen LogP contribution in [-0.2, 0) is 0 Å². The number of hydrogen-bond acceptors (Lipinski definition) is 1. The minimum atomic E-state index is 0.781. The van der Waals surface area contributed by atoms with Crippen LogP contribution in [0.2, 0.25) is 0 Å². The van der Waals surface area contributed by atoms with E-state index in [9.17, 15) is 0 Å². The molecular formula is C16H18N2. The summed E-state index contributed by atoms with van der Waals surface area (Å²) in [6.45, 7) is 2.64. The zero-order valence-corrected chi connectivity index (χ0v) is 10.5. The van der Waals surface area contributed by atoms with Gasteiger partial charge >= 0.3 is 0 Å². The average molecular weight is 238 g/mol. The van der Waals surface area contributed by atoms with E-state index in [1.165, 1.54) is 43.3 Å². The maximum Gasteiger partial charge on any atom is 0.0459 e. The fraction of sp³-hybridized carbons (Fsp3) is 0.500. The molecule has 1 aliphatic carbocycles. The summed E-state index contributed by atoms with van der Waals surface area (Å²) in [4.78, 5) is 6.48. The van der Waals surface area contributed by atoms with Crippen LogP contribution in [0.4, 0.5) is 0 Å². The van der Waals surface area contributed by atoms with Gasteiger partial charge in [0, 0.05) is 28.6 Å². The highest BCUT2D eigenvalue weighted by Gasteiger charge is 2.46. The second-order valence-corrected chi connectivity index (χ2v) is 6.22. The Hall–Kier alpha value is -1.28. The first-order valence-electron chi connectivity index (χ1n) is 7.26. The third-order valence-corrected chi connectivity index (χ3v) is 5.51. The Balaban J connectivity index is 1.83. The summed E-state index contributed by atoms with van der Waals surface area (Å²) in [6.07, 6.45) is 4.12. The first kappa shape index (κ1) is 9.62. The van der Waals surface area contributed by atoms with Crippen molar-refractivity contribution in [2.24, 2.45) is 0 Å². The molecule has 5 rings (SSSR count). The van der Waals surface area contributed by atoms with E-state index in [-0.39, 0.29) is 0 Å². The Morgan fingerprint density at radius 3 is 3.00 bits per heavy atom. The van der Waals surface area contributed by atoms with Crippen LogP contribution in [0.1, 0.15) is 42.4 Å². The SMILES string of the molecule is c1ccc2c3c([nH]c2c1)[C@H]1CCN2CC[C@@H]3C[C@@H]12. The predicted octanol–water partition coefficient (Wildman–Crippen LogP) is 3.22. The van der Waals surface area contributed by atoms with E-state index in [4.69, 9.17) is 0 Å². The smallest absolute Gasteiger partial charge is 0.0459 e. The molecule has 0 amide bonds. The summed E-state index contributed by atoms with van der Waals surface area (Å²) in [5.41, 5.74) is 4.61. The summed E-state index contributed by atoms with van der Waals surface area (Å²) in [5.74, 6) is 1.59. The second-order valence-electron chi connectivity index (χ2n) is 6.22. The van der Waals surface area contributed by atoms with Gasteiger partial charge in [-0.1, -0.05) is 18.2 Å². The Morgan fingerprint density at radius 1 is 1.11 bits per heavy atom. The van der Waals surface area contributed by atoms with Gasteiger partial charge < -0.3 is 4.98 Å². The van der Waals surface area contributed by atoms with Crippen molar-refractivity contribution in [1.29, 1.82) is 0 Å². The van der Waals surface area contributed by atoms with Gasteiger partial charge in [-0.3, -0.25) is 4.90 Å². The number of aromatic nitrogens is 1. The second kappa shape index (κ2) is 3.18. The van der Waals surface area contributed by atoms with Crippen LogP contribution in [0.15, 0.2) is 24.3 Å². The Labute approximate surface area is 107 Å². The van der Waals surface area contributed by atoms with E-state index in [1.54, 1.807) is 11.3 Å². The topological polar surface area (TPSA) is 19.0 Å². The largest absolute Gasteiger partial charge is 0.358 e. The monoisotopic (exact) mass is 238 g/mol. The maximum absolute atomic E-state index is 3.75. The molecule has 2 aromatic rings. The van der Waals surface area contributed by atoms with Crippen LogP contribution < -0.4 is 0 Å². The van der Waals surface area contributed by atoms with Crippen molar-refractivity contribution in [2.45, 2.75) is 37.1 Å². The van der Waals surface area contributed by atoms with E-state index in [0.717, 1.165) is 17.9 Å². The molecule has 2 saturated heterocycles. The van der Waals surface area contributed by atoms with Crippen molar-refractivity contribution in [3.63, 3.8) is 0 Å². The lowest BCUT2D eigenvalue weighted by Gasteiger charge is -2.41. The fourth-order valence-electron chi connectivity index (χ4n) is 4.76. The number of nitrogens with zero attached hydrogens (tertiary/aromatic N) is 1. The molecule has 0 spiro atoms. The summed E-state index contributed by atoms with van der Waals surface area (Å²) < 4.78 is 0. The molecule has 2 heteroatoms. The average Bonchev–Trinajstić information content (AvgIpc) is 3.00. The van der Waals surface area contributed by atoms with Gasteiger partial charge in [-0.25, -0.2) is 0 Å². The maximum atomic E-state index is 3.75. The third-order valence-electron chi connectivity index (χ3n) is 5.51. The molecule has 0 saturated carbocycles. The fourth-order valence-corrected chi connectivity index (χ4v) is 4.76. The van der Waals surface area contributed by atoms with Gasteiger partial charge in [0.1, 0.15) is 0 Å². The van der Waals surface area contributed by atoms with E-state index in [2.05, 4.69) is 34.1 Å². The normalized spacial score (nSPS) is 33.9. The molecule has 92 valence electrons. The van der Waals surface area contributed by atoms with Gasteiger partial charge in [0.15, 0.2) is 0 Å². The minimum absolute atomic E-state index is 0.781.